The molecule has 0 fully saturated rings. The SMILES string of the molecule is Cc1ccc2c(c1)CN(Cc1ccccc1)C(C)(C)O2. The van der Waals surface area contributed by atoms with Crippen LogP contribution in [0.4, 0.5) is 0 Å². The summed E-state index contributed by atoms with van der Waals surface area (Å²) >= 11 is 0. The molecule has 0 spiro atoms. The summed E-state index contributed by atoms with van der Waals surface area (Å²) in [6.45, 7) is 8.24. The van der Waals surface area contributed by atoms with Crippen LogP contribution in [0.1, 0.15) is 30.5 Å². The summed E-state index contributed by atoms with van der Waals surface area (Å²) in [5, 5.41) is 0. The third-order valence-electron chi connectivity index (χ3n) is 3.91. The Labute approximate surface area is 121 Å². The van der Waals surface area contributed by atoms with E-state index in [4.69, 9.17) is 4.74 Å². The predicted octanol–water partition coefficient (Wildman–Crippen LogP) is 4.13. The molecule has 104 valence electrons. The van der Waals surface area contributed by atoms with Gasteiger partial charge in [0, 0.05) is 18.7 Å². The molecule has 1 heterocycles. The van der Waals surface area contributed by atoms with E-state index in [0.29, 0.717) is 0 Å². The summed E-state index contributed by atoms with van der Waals surface area (Å²) in [6.07, 6.45) is 0. The van der Waals surface area contributed by atoms with Crippen LogP contribution in [0.5, 0.6) is 5.75 Å². The van der Waals surface area contributed by atoms with Crippen LogP contribution in [0.2, 0.25) is 0 Å². The van der Waals surface area contributed by atoms with Gasteiger partial charge in [0.25, 0.3) is 0 Å². The number of hydrogen-bond donors (Lipinski definition) is 0. The molecule has 0 N–H and O–H groups in total. The second-order valence-electron chi connectivity index (χ2n) is 6.00. The van der Waals surface area contributed by atoms with Crippen molar-refractivity contribution < 1.29 is 4.74 Å². The molecule has 0 aromatic heterocycles. The Morgan fingerprint density at radius 2 is 1.85 bits per heavy atom. The van der Waals surface area contributed by atoms with Gasteiger partial charge in [-0.1, -0.05) is 48.0 Å². The molecule has 2 nitrogen and oxygen atoms in total. The molecule has 1 aliphatic heterocycles. The quantitative estimate of drug-likeness (QED) is 0.811. The molecule has 3 rings (SSSR count). The standard InChI is InChI=1S/C18H21NO/c1-14-9-10-17-16(11-14)13-19(18(2,3)20-17)12-15-7-5-4-6-8-15/h4-11H,12-13H2,1-3H3. The number of rotatable bonds is 2. The van der Waals surface area contributed by atoms with Gasteiger partial charge < -0.3 is 4.74 Å². The highest BCUT2D eigenvalue weighted by Gasteiger charge is 2.34. The summed E-state index contributed by atoms with van der Waals surface area (Å²) in [6, 6.07) is 17.0. The lowest BCUT2D eigenvalue weighted by Crippen LogP contribution is -2.50. The number of nitrogens with zero attached hydrogens (tertiary/aromatic N) is 1. The van der Waals surface area contributed by atoms with E-state index in [1.54, 1.807) is 0 Å². The van der Waals surface area contributed by atoms with Crippen LogP contribution in [-0.2, 0) is 13.1 Å². The lowest BCUT2D eigenvalue weighted by atomic mass is 10.0. The zero-order valence-corrected chi connectivity index (χ0v) is 12.4. The molecular formula is C18H21NO. The first kappa shape index (κ1) is 13.2. The highest BCUT2D eigenvalue weighted by atomic mass is 16.5. The highest BCUT2D eigenvalue weighted by Crippen LogP contribution is 2.34. The largest absolute Gasteiger partial charge is 0.473 e. The second-order valence-corrected chi connectivity index (χ2v) is 6.00. The Morgan fingerprint density at radius 1 is 1.10 bits per heavy atom. The molecule has 0 atom stereocenters. The first-order valence-corrected chi connectivity index (χ1v) is 7.12. The van der Waals surface area contributed by atoms with Gasteiger partial charge in [0.15, 0.2) is 5.72 Å². The van der Waals surface area contributed by atoms with Crippen LogP contribution < -0.4 is 4.74 Å². The van der Waals surface area contributed by atoms with Crippen molar-refractivity contribution in [3.63, 3.8) is 0 Å². The van der Waals surface area contributed by atoms with Crippen LogP contribution in [0, 0.1) is 6.92 Å². The Balaban J connectivity index is 1.88. The van der Waals surface area contributed by atoms with E-state index in [9.17, 15) is 0 Å². The van der Waals surface area contributed by atoms with E-state index >= 15 is 0 Å². The Kier molecular flexibility index (Phi) is 3.27. The minimum atomic E-state index is -0.280. The number of hydrogen-bond acceptors (Lipinski definition) is 2. The van der Waals surface area contributed by atoms with E-state index in [2.05, 4.69) is 74.2 Å². The molecule has 0 amide bonds. The van der Waals surface area contributed by atoms with E-state index < -0.39 is 0 Å². The van der Waals surface area contributed by atoms with Crippen molar-refractivity contribution in [3.8, 4) is 5.75 Å². The molecule has 2 aromatic carbocycles. The number of ether oxygens (including phenoxy) is 1. The van der Waals surface area contributed by atoms with Crippen LogP contribution in [0.3, 0.4) is 0 Å². The van der Waals surface area contributed by atoms with E-state index in [-0.39, 0.29) is 5.72 Å². The highest BCUT2D eigenvalue weighted by molar-refractivity contribution is 5.38. The number of fused-ring (bicyclic) bond motifs is 1. The third kappa shape index (κ3) is 2.56. The first-order chi connectivity index (χ1) is 9.54. The van der Waals surface area contributed by atoms with Crippen LogP contribution in [-0.4, -0.2) is 10.6 Å². The average molecular weight is 267 g/mol. The molecule has 1 aliphatic rings. The van der Waals surface area contributed by atoms with E-state index in [1.807, 2.05) is 0 Å². The maximum absolute atomic E-state index is 6.19. The van der Waals surface area contributed by atoms with Gasteiger partial charge in [0.2, 0.25) is 0 Å². The average Bonchev–Trinajstić information content (AvgIpc) is 2.41. The fourth-order valence-electron chi connectivity index (χ4n) is 2.71. The summed E-state index contributed by atoms with van der Waals surface area (Å²) < 4.78 is 6.19. The summed E-state index contributed by atoms with van der Waals surface area (Å²) in [5.74, 6) is 1.02. The maximum Gasteiger partial charge on any atom is 0.158 e. The number of benzene rings is 2. The predicted molar refractivity (Wildman–Crippen MR) is 81.6 cm³/mol. The van der Waals surface area contributed by atoms with Gasteiger partial charge in [-0.3, -0.25) is 4.90 Å². The van der Waals surface area contributed by atoms with Crippen molar-refractivity contribution in [1.82, 2.24) is 4.90 Å². The minimum absolute atomic E-state index is 0.280. The van der Waals surface area contributed by atoms with E-state index in [0.717, 1.165) is 18.8 Å². The topological polar surface area (TPSA) is 12.5 Å². The molecule has 0 saturated carbocycles. The lowest BCUT2D eigenvalue weighted by molar-refractivity contribution is -0.0834. The van der Waals surface area contributed by atoms with Gasteiger partial charge >= 0.3 is 0 Å². The van der Waals surface area contributed by atoms with Crippen molar-refractivity contribution in [1.29, 1.82) is 0 Å². The van der Waals surface area contributed by atoms with Gasteiger partial charge in [0.1, 0.15) is 5.75 Å². The Morgan fingerprint density at radius 3 is 2.60 bits per heavy atom. The molecule has 20 heavy (non-hydrogen) atoms. The third-order valence-corrected chi connectivity index (χ3v) is 3.91. The van der Waals surface area contributed by atoms with Gasteiger partial charge in [0.05, 0.1) is 0 Å². The minimum Gasteiger partial charge on any atom is -0.473 e. The molecule has 2 heteroatoms. The van der Waals surface area contributed by atoms with Crippen molar-refractivity contribution in [3.05, 3.63) is 65.2 Å². The zero-order valence-electron chi connectivity index (χ0n) is 12.4. The maximum atomic E-state index is 6.19. The normalized spacial score (nSPS) is 17.4. The summed E-state index contributed by atoms with van der Waals surface area (Å²) in [4.78, 5) is 2.38. The van der Waals surface area contributed by atoms with Crippen LogP contribution in [0.15, 0.2) is 48.5 Å². The monoisotopic (exact) mass is 267 g/mol. The Bertz CT molecular complexity index is 604. The molecule has 2 aromatic rings. The molecule has 0 saturated heterocycles. The summed E-state index contributed by atoms with van der Waals surface area (Å²) in [5.41, 5.74) is 3.60. The van der Waals surface area contributed by atoms with Gasteiger partial charge in [-0.05, 0) is 32.4 Å². The lowest BCUT2D eigenvalue weighted by Gasteiger charge is -2.43. The number of aryl methyl sites for hydroxylation is 1. The van der Waals surface area contributed by atoms with Crippen molar-refractivity contribution in [2.45, 2.75) is 39.6 Å². The van der Waals surface area contributed by atoms with Crippen molar-refractivity contribution >= 4 is 0 Å². The molecule has 0 radical (unpaired) electrons. The summed E-state index contributed by atoms with van der Waals surface area (Å²) in [7, 11) is 0. The van der Waals surface area contributed by atoms with Gasteiger partial charge in [-0.25, -0.2) is 0 Å². The van der Waals surface area contributed by atoms with Crippen molar-refractivity contribution in [2.75, 3.05) is 0 Å². The molecule has 0 aliphatic carbocycles. The Hall–Kier alpha value is -1.80. The second kappa shape index (κ2) is 4.95. The molecule has 0 bridgehead atoms. The van der Waals surface area contributed by atoms with Gasteiger partial charge in [-0.15, -0.1) is 0 Å². The first-order valence-electron chi connectivity index (χ1n) is 7.12. The van der Waals surface area contributed by atoms with E-state index in [1.165, 1.54) is 16.7 Å². The van der Waals surface area contributed by atoms with Crippen LogP contribution in [0.25, 0.3) is 0 Å². The fraction of sp³-hybridized carbons (Fsp3) is 0.333. The fourth-order valence-corrected chi connectivity index (χ4v) is 2.71. The molecule has 0 unspecified atom stereocenters. The van der Waals surface area contributed by atoms with Crippen LogP contribution >= 0.6 is 0 Å². The zero-order chi connectivity index (χ0) is 14.2. The van der Waals surface area contributed by atoms with Gasteiger partial charge in [-0.2, -0.15) is 0 Å². The van der Waals surface area contributed by atoms with Crippen molar-refractivity contribution in [2.24, 2.45) is 0 Å². The molecular weight excluding hydrogens is 246 g/mol. The smallest absolute Gasteiger partial charge is 0.158 e.